The molecule has 33 heavy (non-hydrogen) atoms. The van der Waals surface area contributed by atoms with Gasteiger partial charge in [0.1, 0.15) is 5.02 Å². The van der Waals surface area contributed by atoms with Crippen LogP contribution in [0.15, 0.2) is 53.4 Å². The summed E-state index contributed by atoms with van der Waals surface area (Å²) in [5.74, 6) is 0.176. The van der Waals surface area contributed by atoms with Crippen LogP contribution in [0.3, 0.4) is 0 Å². The van der Waals surface area contributed by atoms with E-state index in [4.69, 9.17) is 11.6 Å². The number of hydrogen-bond donors (Lipinski definition) is 1. The fourth-order valence-corrected chi connectivity index (χ4v) is 7.10. The number of nitrogens with zero attached hydrogens (tertiary/aromatic N) is 2. The predicted octanol–water partition coefficient (Wildman–Crippen LogP) is 5.64. The van der Waals surface area contributed by atoms with Crippen molar-refractivity contribution in [3.8, 4) is 0 Å². The first-order valence-electron chi connectivity index (χ1n) is 11.4. The lowest BCUT2D eigenvalue weighted by Gasteiger charge is -2.37. The predicted molar refractivity (Wildman–Crippen MR) is 128 cm³/mol. The summed E-state index contributed by atoms with van der Waals surface area (Å²) in [6.45, 7) is 1.14. The van der Waals surface area contributed by atoms with Crippen molar-refractivity contribution in [2.45, 2.75) is 49.0 Å². The van der Waals surface area contributed by atoms with Crippen molar-refractivity contribution < 1.29 is 13.3 Å². The maximum Gasteiger partial charge on any atom is 0.288 e. The molecule has 3 unspecified atom stereocenters. The molecule has 0 bridgehead atoms. The number of nitrogens with one attached hydrogen (secondary N) is 1. The van der Waals surface area contributed by atoms with Gasteiger partial charge in [-0.05, 0) is 60.6 Å². The van der Waals surface area contributed by atoms with E-state index in [1.165, 1.54) is 0 Å². The SMILES string of the molecule is O=[N+]([O-])c1cc(C2Nc3ccc(S(=O)(=O)N4CCCCCC4)cc3C3C=CCC32)ccc1Cl. The van der Waals surface area contributed by atoms with E-state index in [0.29, 0.717) is 18.0 Å². The highest BCUT2D eigenvalue weighted by atomic mass is 35.5. The Morgan fingerprint density at radius 2 is 1.82 bits per heavy atom. The van der Waals surface area contributed by atoms with Crippen LogP contribution in [0.25, 0.3) is 0 Å². The Hall–Kier alpha value is -2.42. The summed E-state index contributed by atoms with van der Waals surface area (Å²) in [7, 11) is -3.54. The van der Waals surface area contributed by atoms with E-state index < -0.39 is 14.9 Å². The van der Waals surface area contributed by atoms with Crippen LogP contribution < -0.4 is 5.32 Å². The molecular weight excluding hydrogens is 462 g/mol. The number of nitro groups is 1. The summed E-state index contributed by atoms with van der Waals surface area (Å²) in [4.78, 5) is 11.3. The monoisotopic (exact) mass is 487 g/mol. The van der Waals surface area contributed by atoms with E-state index in [-0.39, 0.29) is 28.6 Å². The number of fused-ring (bicyclic) bond motifs is 3. The highest BCUT2D eigenvalue weighted by molar-refractivity contribution is 7.89. The van der Waals surface area contributed by atoms with Crippen molar-refractivity contribution in [2.24, 2.45) is 5.92 Å². The number of nitro benzene ring substituents is 1. The minimum absolute atomic E-state index is 0.0419. The van der Waals surface area contributed by atoms with Crippen molar-refractivity contribution >= 4 is 33.0 Å². The van der Waals surface area contributed by atoms with Gasteiger partial charge >= 0.3 is 0 Å². The van der Waals surface area contributed by atoms with E-state index in [1.807, 2.05) is 18.2 Å². The third kappa shape index (κ3) is 4.05. The minimum Gasteiger partial charge on any atom is -0.378 e. The lowest BCUT2D eigenvalue weighted by Crippen LogP contribution is -2.33. The van der Waals surface area contributed by atoms with Crippen LogP contribution in [0.5, 0.6) is 0 Å². The molecule has 0 aromatic heterocycles. The van der Waals surface area contributed by atoms with Gasteiger partial charge in [0, 0.05) is 30.8 Å². The van der Waals surface area contributed by atoms with Crippen molar-refractivity contribution in [1.82, 2.24) is 4.31 Å². The number of hydrogen-bond acceptors (Lipinski definition) is 5. The van der Waals surface area contributed by atoms with Crippen LogP contribution in [0.2, 0.25) is 5.02 Å². The normalized spacial score (nSPS) is 25.1. The van der Waals surface area contributed by atoms with Gasteiger partial charge in [0.05, 0.1) is 15.9 Å². The molecule has 1 N–H and O–H groups in total. The quantitative estimate of drug-likeness (QED) is 0.342. The summed E-state index contributed by atoms with van der Waals surface area (Å²) < 4.78 is 28.3. The first-order valence-corrected chi connectivity index (χ1v) is 13.2. The molecule has 1 saturated heterocycles. The number of allylic oxidation sites excluding steroid dienone is 2. The molecule has 7 nitrogen and oxygen atoms in total. The van der Waals surface area contributed by atoms with Crippen LogP contribution in [-0.2, 0) is 10.0 Å². The maximum absolute atomic E-state index is 13.3. The molecule has 2 aliphatic heterocycles. The molecular formula is C24H26ClN3O4S. The number of benzene rings is 2. The van der Waals surface area contributed by atoms with Gasteiger partial charge in [-0.3, -0.25) is 10.1 Å². The first-order chi connectivity index (χ1) is 15.9. The van der Waals surface area contributed by atoms with E-state index >= 15 is 0 Å². The molecule has 2 aromatic carbocycles. The highest BCUT2D eigenvalue weighted by Gasteiger charge is 2.39. The number of halogens is 1. The van der Waals surface area contributed by atoms with Gasteiger partial charge in [0.25, 0.3) is 5.69 Å². The Kier molecular flexibility index (Phi) is 5.93. The second-order valence-corrected chi connectivity index (χ2v) is 11.4. The third-order valence-corrected chi connectivity index (χ3v) is 9.28. The van der Waals surface area contributed by atoms with Gasteiger partial charge in [-0.1, -0.05) is 42.7 Å². The molecule has 0 saturated carbocycles. The van der Waals surface area contributed by atoms with Crippen LogP contribution >= 0.6 is 11.6 Å². The molecule has 9 heteroatoms. The zero-order chi connectivity index (χ0) is 23.2. The van der Waals surface area contributed by atoms with Gasteiger partial charge in [0.15, 0.2) is 0 Å². The van der Waals surface area contributed by atoms with E-state index in [2.05, 4.69) is 17.5 Å². The number of rotatable bonds is 4. The fraction of sp³-hybridized carbons (Fsp3) is 0.417. The Balaban J connectivity index is 1.50. The van der Waals surface area contributed by atoms with Gasteiger partial charge < -0.3 is 5.32 Å². The van der Waals surface area contributed by atoms with E-state index in [1.54, 1.807) is 22.5 Å². The summed E-state index contributed by atoms with van der Waals surface area (Å²) in [6.07, 6.45) is 8.98. The van der Waals surface area contributed by atoms with Crippen LogP contribution in [-0.4, -0.2) is 30.7 Å². The Morgan fingerprint density at radius 1 is 1.06 bits per heavy atom. The largest absolute Gasteiger partial charge is 0.378 e. The second-order valence-electron chi connectivity index (χ2n) is 9.01. The van der Waals surface area contributed by atoms with Crippen LogP contribution in [0.1, 0.15) is 55.2 Å². The fourth-order valence-electron chi connectivity index (χ4n) is 5.36. The Labute approximate surface area is 198 Å². The summed E-state index contributed by atoms with van der Waals surface area (Å²) in [5, 5.41) is 15.0. The Bertz CT molecular complexity index is 1220. The summed E-state index contributed by atoms with van der Waals surface area (Å²) >= 11 is 6.02. The van der Waals surface area contributed by atoms with Gasteiger partial charge in [0.2, 0.25) is 10.0 Å². The van der Waals surface area contributed by atoms with Gasteiger partial charge in [-0.25, -0.2) is 8.42 Å². The van der Waals surface area contributed by atoms with Crippen molar-refractivity contribution in [1.29, 1.82) is 0 Å². The van der Waals surface area contributed by atoms with Gasteiger partial charge in [-0.15, -0.1) is 0 Å². The molecule has 0 amide bonds. The molecule has 0 radical (unpaired) electrons. The van der Waals surface area contributed by atoms with Crippen LogP contribution in [0, 0.1) is 16.0 Å². The minimum atomic E-state index is -3.54. The topological polar surface area (TPSA) is 92.5 Å². The third-order valence-electron chi connectivity index (χ3n) is 7.06. The average molecular weight is 488 g/mol. The zero-order valence-electron chi connectivity index (χ0n) is 18.1. The molecule has 1 aliphatic carbocycles. The average Bonchev–Trinajstić information content (AvgIpc) is 3.13. The summed E-state index contributed by atoms with van der Waals surface area (Å²) in [5.41, 5.74) is 2.52. The first kappa shape index (κ1) is 22.4. The molecule has 1 fully saturated rings. The van der Waals surface area contributed by atoms with Crippen molar-refractivity contribution in [3.05, 3.63) is 74.8 Å². The molecule has 0 spiro atoms. The lowest BCUT2D eigenvalue weighted by molar-refractivity contribution is -0.384. The molecule has 3 atom stereocenters. The summed E-state index contributed by atoms with van der Waals surface area (Å²) in [6, 6.07) is 10.1. The lowest BCUT2D eigenvalue weighted by atomic mass is 9.77. The number of sulfonamides is 1. The van der Waals surface area contributed by atoms with E-state index in [0.717, 1.165) is 48.9 Å². The molecule has 3 aliphatic rings. The molecule has 5 rings (SSSR count). The molecule has 174 valence electrons. The van der Waals surface area contributed by atoms with Gasteiger partial charge in [-0.2, -0.15) is 4.31 Å². The van der Waals surface area contributed by atoms with Crippen molar-refractivity contribution in [3.63, 3.8) is 0 Å². The van der Waals surface area contributed by atoms with Crippen LogP contribution in [0.4, 0.5) is 11.4 Å². The highest BCUT2D eigenvalue weighted by Crippen LogP contribution is 2.50. The maximum atomic E-state index is 13.3. The molecule has 2 heterocycles. The van der Waals surface area contributed by atoms with Crippen molar-refractivity contribution in [2.75, 3.05) is 18.4 Å². The zero-order valence-corrected chi connectivity index (χ0v) is 19.7. The Morgan fingerprint density at radius 3 is 2.55 bits per heavy atom. The molecule has 2 aromatic rings. The smallest absolute Gasteiger partial charge is 0.288 e. The second kappa shape index (κ2) is 8.74. The van der Waals surface area contributed by atoms with E-state index in [9.17, 15) is 18.5 Å². The standard InChI is InChI=1S/C24H26ClN3O4S/c25-21-10-8-16(14-23(21)28(29)30)24-19-7-5-6-18(19)20-15-17(9-11-22(20)26-24)33(31,32)27-12-3-1-2-4-13-27/h5-6,8-11,14-15,18-19,24,26H,1-4,7,12-13H2. The number of anilines is 1.